The molecule has 0 bridgehead atoms. The molecular formula is C19H22N2O6S. The average Bonchev–Trinajstić information content (AvgIpc) is 3.13. The summed E-state index contributed by atoms with van der Waals surface area (Å²) >= 11 is 0. The van der Waals surface area contributed by atoms with Crippen molar-refractivity contribution in [2.75, 3.05) is 38.1 Å². The minimum atomic E-state index is -3.68. The van der Waals surface area contributed by atoms with Gasteiger partial charge in [0.25, 0.3) is 0 Å². The van der Waals surface area contributed by atoms with E-state index in [9.17, 15) is 13.2 Å². The summed E-state index contributed by atoms with van der Waals surface area (Å²) in [4.78, 5) is 14.2. The zero-order valence-electron chi connectivity index (χ0n) is 15.9. The zero-order valence-corrected chi connectivity index (χ0v) is 16.7. The Balaban J connectivity index is 1.78. The Bertz CT molecular complexity index is 976. The fourth-order valence-corrected chi connectivity index (χ4v) is 3.70. The van der Waals surface area contributed by atoms with Gasteiger partial charge in [-0.05, 0) is 18.2 Å². The molecule has 0 saturated carbocycles. The van der Waals surface area contributed by atoms with Gasteiger partial charge in [-0.25, -0.2) is 8.42 Å². The van der Waals surface area contributed by atoms with E-state index in [1.807, 2.05) is 24.3 Å². The van der Waals surface area contributed by atoms with Gasteiger partial charge in [0.05, 0.1) is 19.1 Å². The summed E-state index contributed by atoms with van der Waals surface area (Å²) in [5, 5.41) is 0. The molecule has 8 nitrogen and oxygen atoms in total. The normalized spacial score (nSPS) is 12.5. The molecule has 150 valence electrons. The molecule has 0 fully saturated rings. The van der Waals surface area contributed by atoms with E-state index in [2.05, 4.69) is 0 Å². The van der Waals surface area contributed by atoms with Gasteiger partial charge in [0.2, 0.25) is 22.7 Å². The van der Waals surface area contributed by atoms with Crippen molar-refractivity contribution in [1.29, 1.82) is 0 Å². The van der Waals surface area contributed by atoms with E-state index in [1.165, 1.54) is 4.90 Å². The highest BCUT2D eigenvalue weighted by Crippen LogP contribution is 2.36. The van der Waals surface area contributed by atoms with Gasteiger partial charge >= 0.3 is 0 Å². The van der Waals surface area contributed by atoms with Crippen LogP contribution in [0.5, 0.6) is 17.2 Å². The molecule has 0 atom stereocenters. The SMILES string of the molecule is COc1ccccc1CN(C)C(=O)CN(c1ccc2c(c1)OCO2)S(C)(=O)=O. The maximum absolute atomic E-state index is 12.7. The van der Waals surface area contributed by atoms with Gasteiger partial charge in [0, 0.05) is 25.2 Å². The summed E-state index contributed by atoms with van der Waals surface area (Å²) < 4.78 is 41.5. The molecule has 9 heteroatoms. The second kappa shape index (κ2) is 7.97. The minimum absolute atomic E-state index is 0.0816. The molecule has 2 aromatic rings. The summed E-state index contributed by atoms with van der Waals surface area (Å²) in [7, 11) is -0.504. The van der Waals surface area contributed by atoms with Gasteiger partial charge < -0.3 is 19.1 Å². The van der Waals surface area contributed by atoms with Crippen molar-refractivity contribution in [3.05, 3.63) is 48.0 Å². The van der Waals surface area contributed by atoms with Crippen molar-refractivity contribution in [3.63, 3.8) is 0 Å². The van der Waals surface area contributed by atoms with Gasteiger partial charge in [-0.1, -0.05) is 18.2 Å². The smallest absolute Gasteiger partial charge is 0.243 e. The number of rotatable bonds is 7. The van der Waals surface area contributed by atoms with Crippen LogP contribution in [0.1, 0.15) is 5.56 Å². The number of fused-ring (bicyclic) bond motifs is 1. The van der Waals surface area contributed by atoms with Crippen LogP contribution in [0.2, 0.25) is 0 Å². The van der Waals surface area contributed by atoms with E-state index >= 15 is 0 Å². The van der Waals surface area contributed by atoms with Crippen LogP contribution in [-0.2, 0) is 21.4 Å². The molecule has 1 amide bonds. The van der Waals surface area contributed by atoms with Crippen LogP contribution in [0.4, 0.5) is 5.69 Å². The number of amides is 1. The van der Waals surface area contributed by atoms with Crippen LogP contribution in [0.3, 0.4) is 0 Å². The predicted octanol–water partition coefficient (Wildman–Crippen LogP) is 1.85. The number of hydrogen-bond acceptors (Lipinski definition) is 6. The van der Waals surface area contributed by atoms with E-state index in [0.717, 1.165) is 16.1 Å². The van der Waals surface area contributed by atoms with Crippen LogP contribution >= 0.6 is 0 Å². The van der Waals surface area contributed by atoms with E-state index in [0.29, 0.717) is 29.5 Å². The lowest BCUT2D eigenvalue weighted by molar-refractivity contribution is -0.128. The Morgan fingerprint density at radius 3 is 2.57 bits per heavy atom. The number of benzene rings is 2. The van der Waals surface area contributed by atoms with Gasteiger partial charge in [0.1, 0.15) is 12.3 Å². The number of hydrogen-bond donors (Lipinski definition) is 0. The highest BCUT2D eigenvalue weighted by atomic mass is 32.2. The third-order valence-corrected chi connectivity index (χ3v) is 5.49. The molecular weight excluding hydrogens is 384 g/mol. The first-order valence-corrected chi connectivity index (χ1v) is 10.4. The van der Waals surface area contributed by atoms with Crippen LogP contribution in [0.15, 0.2) is 42.5 Å². The largest absolute Gasteiger partial charge is 0.496 e. The van der Waals surface area contributed by atoms with Gasteiger partial charge in [-0.2, -0.15) is 0 Å². The quantitative estimate of drug-likeness (QED) is 0.698. The second-order valence-corrected chi connectivity index (χ2v) is 8.28. The molecule has 0 aromatic heterocycles. The third-order valence-electron chi connectivity index (χ3n) is 4.35. The molecule has 0 unspecified atom stereocenters. The zero-order chi connectivity index (χ0) is 20.3. The highest BCUT2D eigenvalue weighted by molar-refractivity contribution is 7.92. The predicted molar refractivity (Wildman–Crippen MR) is 104 cm³/mol. The number of sulfonamides is 1. The van der Waals surface area contributed by atoms with Gasteiger partial charge in [-0.15, -0.1) is 0 Å². The standard InChI is InChI=1S/C19H22N2O6S/c1-20(11-14-6-4-5-7-16(14)25-2)19(22)12-21(28(3,23)24)15-8-9-17-18(10-15)27-13-26-17/h4-10H,11-13H2,1-3H3. The van der Waals surface area contributed by atoms with Crippen molar-refractivity contribution in [3.8, 4) is 17.2 Å². The first-order chi connectivity index (χ1) is 13.3. The molecule has 28 heavy (non-hydrogen) atoms. The lowest BCUT2D eigenvalue weighted by atomic mass is 10.2. The van der Waals surface area contributed by atoms with Crippen molar-refractivity contribution >= 4 is 21.6 Å². The highest BCUT2D eigenvalue weighted by Gasteiger charge is 2.25. The van der Waals surface area contributed by atoms with Crippen molar-refractivity contribution in [2.45, 2.75) is 6.54 Å². The fraction of sp³-hybridized carbons (Fsp3) is 0.316. The minimum Gasteiger partial charge on any atom is -0.496 e. The molecule has 0 aliphatic carbocycles. The molecule has 0 saturated heterocycles. The number of nitrogens with zero attached hydrogens (tertiary/aromatic N) is 2. The van der Waals surface area contributed by atoms with Crippen molar-refractivity contribution < 1.29 is 27.4 Å². The Morgan fingerprint density at radius 1 is 1.14 bits per heavy atom. The fourth-order valence-electron chi connectivity index (χ4n) is 2.86. The Labute approximate surface area is 164 Å². The Hall–Kier alpha value is -2.94. The van der Waals surface area contributed by atoms with E-state index in [-0.39, 0.29) is 19.2 Å². The molecule has 2 aromatic carbocycles. The van der Waals surface area contributed by atoms with Crippen molar-refractivity contribution in [1.82, 2.24) is 4.90 Å². The lowest BCUT2D eigenvalue weighted by Crippen LogP contribution is -2.41. The Kier molecular flexibility index (Phi) is 5.64. The number of carbonyl (C=O) groups excluding carboxylic acids is 1. The summed E-state index contributed by atoms with van der Waals surface area (Å²) in [6, 6.07) is 12.1. The van der Waals surface area contributed by atoms with Gasteiger partial charge in [0.15, 0.2) is 11.5 Å². The van der Waals surface area contributed by atoms with E-state index in [4.69, 9.17) is 14.2 Å². The number of likely N-dealkylation sites (N-methyl/N-ethyl adjacent to an activating group) is 1. The van der Waals surface area contributed by atoms with Crippen LogP contribution in [0, 0.1) is 0 Å². The Morgan fingerprint density at radius 2 is 1.86 bits per heavy atom. The van der Waals surface area contributed by atoms with Gasteiger partial charge in [-0.3, -0.25) is 9.10 Å². The second-order valence-electron chi connectivity index (χ2n) is 6.37. The number of ether oxygens (including phenoxy) is 3. The first-order valence-electron chi connectivity index (χ1n) is 8.53. The number of methoxy groups -OCH3 is 1. The number of para-hydroxylation sites is 1. The summed E-state index contributed by atoms with van der Waals surface area (Å²) in [5.41, 5.74) is 1.17. The summed E-state index contributed by atoms with van der Waals surface area (Å²) in [6.07, 6.45) is 1.06. The van der Waals surface area contributed by atoms with E-state index < -0.39 is 10.0 Å². The monoisotopic (exact) mass is 406 g/mol. The number of anilines is 1. The maximum Gasteiger partial charge on any atom is 0.243 e. The molecule has 1 aliphatic rings. The third kappa shape index (κ3) is 4.30. The molecule has 0 spiro atoms. The number of carbonyl (C=O) groups is 1. The van der Waals surface area contributed by atoms with Crippen LogP contribution < -0.4 is 18.5 Å². The summed E-state index contributed by atoms with van der Waals surface area (Å²) in [5.74, 6) is 1.30. The molecule has 3 rings (SSSR count). The molecule has 0 radical (unpaired) electrons. The summed E-state index contributed by atoms with van der Waals surface area (Å²) in [6.45, 7) is 0.0456. The first kappa shape index (κ1) is 19.8. The molecule has 1 heterocycles. The lowest BCUT2D eigenvalue weighted by Gasteiger charge is -2.25. The van der Waals surface area contributed by atoms with E-state index in [1.54, 1.807) is 32.4 Å². The van der Waals surface area contributed by atoms with Crippen LogP contribution in [-0.4, -0.2) is 53.0 Å². The molecule has 1 aliphatic heterocycles. The molecule has 0 N–H and O–H groups in total. The maximum atomic E-state index is 12.7. The van der Waals surface area contributed by atoms with Crippen LogP contribution in [0.25, 0.3) is 0 Å². The topological polar surface area (TPSA) is 85.4 Å². The average molecular weight is 406 g/mol. The van der Waals surface area contributed by atoms with Crippen molar-refractivity contribution in [2.24, 2.45) is 0 Å².